The van der Waals surface area contributed by atoms with E-state index in [-0.39, 0.29) is 30.7 Å². The zero-order valence-corrected chi connectivity index (χ0v) is 13.0. The van der Waals surface area contributed by atoms with E-state index < -0.39 is 12.1 Å². The maximum atomic E-state index is 12.9. The third-order valence-electron chi connectivity index (χ3n) is 4.85. The Morgan fingerprint density at radius 3 is 2.57 bits per heavy atom. The van der Waals surface area contributed by atoms with Gasteiger partial charge in [0.2, 0.25) is 5.91 Å². The van der Waals surface area contributed by atoms with Crippen molar-refractivity contribution in [3.63, 3.8) is 0 Å². The molecule has 6 heteroatoms. The van der Waals surface area contributed by atoms with E-state index >= 15 is 0 Å². The van der Waals surface area contributed by atoms with Crippen LogP contribution in [-0.2, 0) is 4.79 Å². The summed E-state index contributed by atoms with van der Waals surface area (Å²) in [5.41, 5.74) is 1.05. The second kappa shape index (κ2) is 6.06. The third-order valence-corrected chi connectivity index (χ3v) is 4.85. The van der Waals surface area contributed by atoms with Crippen LogP contribution in [0.15, 0.2) is 24.3 Å². The first-order chi connectivity index (χ1) is 10.9. The summed E-state index contributed by atoms with van der Waals surface area (Å²) < 4.78 is 43.7. The summed E-state index contributed by atoms with van der Waals surface area (Å²) in [5.74, 6) is -0.797. The first-order valence-electron chi connectivity index (χ1n) is 7.89. The number of ether oxygens (including phenoxy) is 1. The normalized spacial score (nSPS) is 27.7. The van der Waals surface area contributed by atoms with Crippen molar-refractivity contribution >= 4 is 5.91 Å². The summed E-state index contributed by atoms with van der Waals surface area (Å²) >= 11 is 0. The molecule has 3 rings (SSSR count). The van der Waals surface area contributed by atoms with E-state index in [0.717, 1.165) is 17.7 Å². The lowest BCUT2D eigenvalue weighted by Gasteiger charge is -2.34. The number of benzene rings is 1. The Morgan fingerprint density at radius 1 is 1.26 bits per heavy atom. The minimum Gasteiger partial charge on any atom is -0.497 e. The SMILES string of the molecule is COc1ccc([C@@H]2C[C@H]2C(=O)N2CCC[C@@H](C(F)(F)F)C2)cc1. The summed E-state index contributed by atoms with van der Waals surface area (Å²) in [7, 11) is 1.59. The second-order valence-corrected chi connectivity index (χ2v) is 6.39. The topological polar surface area (TPSA) is 29.5 Å². The highest BCUT2D eigenvalue weighted by molar-refractivity contribution is 5.83. The van der Waals surface area contributed by atoms with E-state index in [1.807, 2.05) is 24.3 Å². The number of amides is 1. The van der Waals surface area contributed by atoms with Crippen molar-refractivity contribution in [2.24, 2.45) is 11.8 Å². The van der Waals surface area contributed by atoms with Crippen molar-refractivity contribution in [3.8, 4) is 5.75 Å². The fourth-order valence-corrected chi connectivity index (χ4v) is 3.37. The van der Waals surface area contributed by atoms with E-state index in [4.69, 9.17) is 4.74 Å². The van der Waals surface area contributed by atoms with E-state index in [9.17, 15) is 18.0 Å². The lowest BCUT2D eigenvalue weighted by Crippen LogP contribution is -2.45. The van der Waals surface area contributed by atoms with E-state index in [0.29, 0.717) is 13.0 Å². The van der Waals surface area contributed by atoms with Crippen molar-refractivity contribution in [2.75, 3.05) is 20.2 Å². The first kappa shape index (κ1) is 16.1. The van der Waals surface area contributed by atoms with Gasteiger partial charge in [-0.3, -0.25) is 4.79 Å². The van der Waals surface area contributed by atoms with Gasteiger partial charge in [0.15, 0.2) is 0 Å². The molecule has 2 fully saturated rings. The number of carbonyl (C=O) groups excluding carboxylic acids is 1. The molecule has 3 nitrogen and oxygen atoms in total. The van der Waals surface area contributed by atoms with Gasteiger partial charge in [0.25, 0.3) is 0 Å². The number of likely N-dealkylation sites (tertiary alicyclic amines) is 1. The van der Waals surface area contributed by atoms with Crippen LogP contribution < -0.4 is 4.74 Å². The minimum atomic E-state index is -4.21. The highest BCUT2D eigenvalue weighted by atomic mass is 19.4. The Balaban J connectivity index is 1.61. The molecule has 1 amide bonds. The number of methoxy groups -OCH3 is 1. The first-order valence-corrected chi connectivity index (χ1v) is 7.89. The maximum Gasteiger partial charge on any atom is 0.393 e. The number of nitrogens with zero attached hydrogens (tertiary/aromatic N) is 1. The molecule has 126 valence electrons. The number of halogens is 3. The molecule has 0 N–H and O–H groups in total. The molecule has 2 aliphatic rings. The van der Waals surface area contributed by atoms with Crippen molar-refractivity contribution < 1.29 is 22.7 Å². The Hall–Kier alpha value is -1.72. The lowest BCUT2D eigenvalue weighted by molar-refractivity contribution is -0.188. The molecule has 1 aliphatic heterocycles. The monoisotopic (exact) mass is 327 g/mol. The number of hydrogen-bond donors (Lipinski definition) is 0. The van der Waals surface area contributed by atoms with Gasteiger partial charge in [0.05, 0.1) is 13.0 Å². The molecule has 23 heavy (non-hydrogen) atoms. The average Bonchev–Trinajstić information content (AvgIpc) is 3.34. The largest absolute Gasteiger partial charge is 0.497 e. The van der Waals surface area contributed by atoms with Crippen LogP contribution in [0.25, 0.3) is 0 Å². The summed E-state index contributed by atoms with van der Waals surface area (Å²) in [6.45, 7) is 0.255. The molecule has 0 bridgehead atoms. The molecule has 3 atom stereocenters. The molecule has 1 saturated heterocycles. The Kier molecular flexibility index (Phi) is 4.25. The quantitative estimate of drug-likeness (QED) is 0.849. The van der Waals surface area contributed by atoms with Crippen molar-refractivity contribution in [1.29, 1.82) is 0 Å². The summed E-state index contributed by atoms with van der Waals surface area (Å²) in [5, 5.41) is 0. The highest BCUT2D eigenvalue weighted by Crippen LogP contribution is 2.49. The van der Waals surface area contributed by atoms with Crippen LogP contribution in [0, 0.1) is 11.8 Å². The number of rotatable bonds is 3. The van der Waals surface area contributed by atoms with Gasteiger partial charge in [-0.25, -0.2) is 0 Å². The van der Waals surface area contributed by atoms with Crippen LogP contribution in [0.1, 0.15) is 30.7 Å². The standard InChI is InChI=1S/C17H20F3NO2/c1-23-13-6-4-11(5-7-13)14-9-15(14)16(22)21-8-2-3-12(10-21)17(18,19)20/h4-7,12,14-15H,2-3,8-10H2,1H3/t12-,14+,15-/m1/s1. The van der Waals surface area contributed by atoms with Gasteiger partial charge in [-0.2, -0.15) is 13.2 Å². The van der Waals surface area contributed by atoms with Gasteiger partial charge in [-0.05, 0) is 42.9 Å². The highest BCUT2D eigenvalue weighted by Gasteiger charge is 2.48. The van der Waals surface area contributed by atoms with Crippen LogP contribution in [0.4, 0.5) is 13.2 Å². The Morgan fingerprint density at radius 2 is 1.96 bits per heavy atom. The fraction of sp³-hybridized carbons (Fsp3) is 0.588. The molecule has 0 spiro atoms. The molecule has 1 aromatic carbocycles. The number of piperidine rings is 1. The number of alkyl halides is 3. The second-order valence-electron chi connectivity index (χ2n) is 6.39. The van der Waals surface area contributed by atoms with Crippen LogP contribution in [-0.4, -0.2) is 37.2 Å². The van der Waals surface area contributed by atoms with Gasteiger partial charge in [0.1, 0.15) is 5.75 Å². The molecule has 1 aromatic rings. The summed E-state index contributed by atoms with van der Waals surface area (Å²) in [6.07, 6.45) is -2.94. The van der Waals surface area contributed by atoms with E-state index in [2.05, 4.69) is 0 Å². The van der Waals surface area contributed by atoms with Crippen molar-refractivity contribution in [3.05, 3.63) is 29.8 Å². The van der Waals surface area contributed by atoms with Gasteiger partial charge < -0.3 is 9.64 Å². The van der Waals surface area contributed by atoms with E-state index in [1.54, 1.807) is 7.11 Å². The van der Waals surface area contributed by atoms with Gasteiger partial charge in [-0.15, -0.1) is 0 Å². The summed E-state index contributed by atoms with van der Waals surface area (Å²) in [6, 6.07) is 7.53. The Labute approximate surface area is 133 Å². The van der Waals surface area contributed by atoms with Crippen LogP contribution >= 0.6 is 0 Å². The predicted molar refractivity (Wildman–Crippen MR) is 79.2 cm³/mol. The smallest absolute Gasteiger partial charge is 0.393 e. The lowest BCUT2D eigenvalue weighted by atomic mass is 9.97. The van der Waals surface area contributed by atoms with Crippen molar-refractivity contribution in [2.45, 2.75) is 31.4 Å². The Bertz CT molecular complexity index is 570. The van der Waals surface area contributed by atoms with Gasteiger partial charge >= 0.3 is 6.18 Å². The molecule has 0 radical (unpaired) electrons. The third kappa shape index (κ3) is 3.46. The van der Waals surface area contributed by atoms with Gasteiger partial charge in [-0.1, -0.05) is 12.1 Å². The zero-order chi connectivity index (χ0) is 16.6. The summed E-state index contributed by atoms with van der Waals surface area (Å²) in [4.78, 5) is 13.9. The van der Waals surface area contributed by atoms with E-state index in [1.165, 1.54) is 4.90 Å². The maximum absolute atomic E-state index is 12.9. The average molecular weight is 327 g/mol. The molecule has 0 aromatic heterocycles. The molecule has 1 saturated carbocycles. The van der Waals surface area contributed by atoms with Gasteiger partial charge in [0, 0.05) is 19.0 Å². The molecular weight excluding hydrogens is 307 g/mol. The molecule has 1 heterocycles. The van der Waals surface area contributed by atoms with Crippen LogP contribution in [0.2, 0.25) is 0 Å². The molecular formula is C17H20F3NO2. The van der Waals surface area contributed by atoms with Crippen LogP contribution in [0.3, 0.4) is 0 Å². The molecule has 0 unspecified atom stereocenters. The number of hydrogen-bond acceptors (Lipinski definition) is 2. The minimum absolute atomic E-state index is 0.125. The predicted octanol–water partition coefficient (Wildman–Crippen LogP) is 3.60. The van der Waals surface area contributed by atoms with Crippen LogP contribution in [0.5, 0.6) is 5.75 Å². The molecule has 1 aliphatic carbocycles. The van der Waals surface area contributed by atoms with Crippen molar-refractivity contribution in [1.82, 2.24) is 4.90 Å². The fourth-order valence-electron chi connectivity index (χ4n) is 3.37. The number of carbonyl (C=O) groups is 1. The zero-order valence-electron chi connectivity index (χ0n) is 13.0.